The van der Waals surface area contributed by atoms with Gasteiger partial charge in [-0.2, -0.15) is 0 Å². The van der Waals surface area contributed by atoms with Crippen LogP contribution in [-0.2, 0) is 16.8 Å². The number of para-hydroxylation sites is 1. The quantitative estimate of drug-likeness (QED) is 0.457. The predicted molar refractivity (Wildman–Crippen MR) is 144 cm³/mol. The molecular weight excluding hydrogens is 462 g/mol. The number of benzene rings is 2. The Hall–Kier alpha value is -3.38. The van der Waals surface area contributed by atoms with Crippen molar-refractivity contribution in [3.8, 4) is 11.5 Å². The fraction of sp³-hybridized carbons (Fsp3) is 0.419. The molecule has 0 saturated carbocycles. The smallest absolute Gasteiger partial charge is 0.242 e. The Morgan fingerprint density at radius 3 is 2.68 bits per heavy atom. The molecule has 6 rings (SSSR count). The van der Waals surface area contributed by atoms with Gasteiger partial charge in [-0.1, -0.05) is 30.3 Å². The number of likely N-dealkylation sites (tertiary alicyclic amines) is 1. The fourth-order valence-corrected chi connectivity index (χ4v) is 6.60. The third kappa shape index (κ3) is 3.89. The lowest BCUT2D eigenvalue weighted by Crippen LogP contribution is -2.50. The second-order valence-electron chi connectivity index (χ2n) is 11.2. The molecule has 3 aromatic rings. The number of pyridine rings is 1. The number of fused-ring (bicyclic) bond motifs is 4. The van der Waals surface area contributed by atoms with Crippen LogP contribution in [0.2, 0.25) is 0 Å². The van der Waals surface area contributed by atoms with E-state index in [1.807, 2.05) is 48.4 Å². The first-order valence-corrected chi connectivity index (χ1v) is 13.4. The van der Waals surface area contributed by atoms with E-state index < -0.39 is 11.0 Å². The van der Waals surface area contributed by atoms with E-state index in [1.165, 1.54) is 18.4 Å². The largest absolute Gasteiger partial charge is 0.494 e. The zero-order valence-electron chi connectivity index (χ0n) is 22.2. The first kappa shape index (κ1) is 24.0. The molecule has 2 atom stereocenters. The lowest BCUT2D eigenvalue weighted by molar-refractivity contribution is -0.124. The first-order valence-electron chi connectivity index (χ1n) is 13.4. The SMILES string of the molecule is CCOc1ccc2c(c1)OC(C)(C)CC21C(=O)N(Cc2ccc(C3CCCN3C)cn2)c2ccccc21. The maximum atomic E-state index is 14.5. The van der Waals surface area contributed by atoms with Crippen molar-refractivity contribution in [3.63, 3.8) is 0 Å². The predicted octanol–water partition coefficient (Wildman–Crippen LogP) is 5.64. The molecule has 1 amide bonds. The monoisotopic (exact) mass is 497 g/mol. The second-order valence-corrected chi connectivity index (χ2v) is 11.2. The van der Waals surface area contributed by atoms with Crippen molar-refractivity contribution in [1.82, 2.24) is 9.88 Å². The van der Waals surface area contributed by atoms with Crippen LogP contribution in [0.4, 0.5) is 5.69 Å². The van der Waals surface area contributed by atoms with Crippen LogP contribution in [0.5, 0.6) is 11.5 Å². The maximum Gasteiger partial charge on any atom is 0.242 e. The molecule has 6 nitrogen and oxygen atoms in total. The zero-order chi connectivity index (χ0) is 25.8. The second kappa shape index (κ2) is 8.88. The van der Waals surface area contributed by atoms with Gasteiger partial charge in [-0.25, -0.2) is 0 Å². The van der Waals surface area contributed by atoms with Crippen LogP contribution in [0, 0.1) is 0 Å². The van der Waals surface area contributed by atoms with Gasteiger partial charge in [-0.15, -0.1) is 0 Å². The van der Waals surface area contributed by atoms with Crippen LogP contribution >= 0.6 is 0 Å². The van der Waals surface area contributed by atoms with Gasteiger partial charge >= 0.3 is 0 Å². The summed E-state index contributed by atoms with van der Waals surface area (Å²) in [5.41, 5.74) is 3.69. The molecule has 192 valence electrons. The Kier molecular flexibility index (Phi) is 5.75. The van der Waals surface area contributed by atoms with Crippen molar-refractivity contribution in [3.05, 3.63) is 83.2 Å². The molecule has 4 heterocycles. The van der Waals surface area contributed by atoms with Crippen LogP contribution in [0.25, 0.3) is 0 Å². The number of hydrogen-bond acceptors (Lipinski definition) is 5. The van der Waals surface area contributed by atoms with Gasteiger partial charge < -0.3 is 14.4 Å². The molecule has 0 bridgehead atoms. The average Bonchev–Trinajstić information content (AvgIpc) is 3.40. The van der Waals surface area contributed by atoms with Crippen LogP contribution in [-0.4, -0.2) is 41.6 Å². The third-order valence-corrected chi connectivity index (χ3v) is 8.14. The van der Waals surface area contributed by atoms with E-state index in [0.717, 1.165) is 40.6 Å². The van der Waals surface area contributed by atoms with Crippen LogP contribution < -0.4 is 14.4 Å². The van der Waals surface area contributed by atoms with Crippen LogP contribution in [0.3, 0.4) is 0 Å². The zero-order valence-corrected chi connectivity index (χ0v) is 22.2. The maximum absolute atomic E-state index is 14.5. The third-order valence-electron chi connectivity index (χ3n) is 8.14. The highest BCUT2D eigenvalue weighted by Gasteiger charge is 2.58. The molecule has 2 unspecified atom stereocenters. The molecule has 2 aromatic carbocycles. The number of ether oxygens (including phenoxy) is 2. The van der Waals surface area contributed by atoms with Gasteiger partial charge in [-0.05, 0) is 76.5 Å². The number of hydrogen-bond donors (Lipinski definition) is 0. The minimum atomic E-state index is -0.815. The topological polar surface area (TPSA) is 54.9 Å². The van der Waals surface area contributed by atoms with Gasteiger partial charge in [0.15, 0.2) is 0 Å². The average molecular weight is 498 g/mol. The number of aromatic nitrogens is 1. The lowest BCUT2D eigenvalue weighted by atomic mass is 9.67. The summed E-state index contributed by atoms with van der Waals surface area (Å²) in [6.45, 7) is 8.22. The van der Waals surface area contributed by atoms with E-state index in [-0.39, 0.29) is 5.91 Å². The summed E-state index contributed by atoms with van der Waals surface area (Å²) in [6, 6.07) is 18.8. The molecule has 3 aliphatic rings. The van der Waals surface area contributed by atoms with Gasteiger partial charge in [0.2, 0.25) is 5.91 Å². The molecule has 1 spiro atoms. The summed E-state index contributed by atoms with van der Waals surface area (Å²) in [5.74, 6) is 1.55. The molecule has 3 aliphatic heterocycles. The van der Waals surface area contributed by atoms with Crippen molar-refractivity contribution >= 4 is 11.6 Å². The summed E-state index contributed by atoms with van der Waals surface area (Å²) < 4.78 is 12.2. The van der Waals surface area contributed by atoms with Crippen LogP contribution in [0.15, 0.2) is 60.8 Å². The molecule has 1 fully saturated rings. The van der Waals surface area contributed by atoms with E-state index in [0.29, 0.717) is 25.6 Å². The number of rotatable bonds is 5. The Morgan fingerprint density at radius 1 is 1.11 bits per heavy atom. The van der Waals surface area contributed by atoms with E-state index in [1.54, 1.807) is 0 Å². The summed E-state index contributed by atoms with van der Waals surface area (Å²) in [6.07, 6.45) is 4.94. The molecule has 0 N–H and O–H groups in total. The molecule has 37 heavy (non-hydrogen) atoms. The minimum absolute atomic E-state index is 0.0805. The Balaban J connectivity index is 1.39. The Morgan fingerprint density at radius 2 is 1.95 bits per heavy atom. The van der Waals surface area contributed by atoms with Crippen molar-refractivity contribution in [2.24, 2.45) is 0 Å². The van der Waals surface area contributed by atoms with E-state index in [2.05, 4.69) is 50.1 Å². The van der Waals surface area contributed by atoms with Gasteiger partial charge in [0.1, 0.15) is 22.5 Å². The molecule has 0 radical (unpaired) electrons. The van der Waals surface area contributed by atoms with Crippen molar-refractivity contribution in [2.75, 3.05) is 25.1 Å². The van der Waals surface area contributed by atoms with Crippen molar-refractivity contribution in [2.45, 2.75) is 63.6 Å². The summed E-state index contributed by atoms with van der Waals surface area (Å²) in [5, 5.41) is 0. The van der Waals surface area contributed by atoms with Gasteiger partial charge in [-0.3, -0.25) is 14.7 Å². The van der Waals surface area contributed by atoms with Gasteiger partial charge in [0, 0.05) is 36.0 Å². The van der Waals surface area contributed by atoms with Crippen molar-refractivity contribution in [1.29, 1.82) is 0 Å². The standard InChI is InChI=1S/C31H35N3O3/c1-5-36-23-14-15-25-28(17-23)37-30(2,3)20-31(25)24-9-6-7-10-27(24)34(29(31)35)19-22-13-12-21(18-32-22)26-11-8-16-33(26)4/h6-7,9-10,12-15,17-18,26H,5,8,11,16,19-20H2,1-4H3. The number of amides is 1. The Labute approximate surface area is 219 Å². The number of carbonyl (C=O) groups is 1. The lowest BCUT2D eigenvalue weighted by Gasteiger charge is -2.43. The highest BCUT2D eigenvalue weighted by molar-refractivity contribution is 6.11. The highest BCUT2D eigenvalue weighted by Crippen LogP contribution is 2.56. The van der Waals surface area contributed by atoms with Crippen LogP contribution in [0.1, 0.15) is 68.5 Å². The van der Waals surface area contributed by atoms with Gasteiger partial charge in [0.25, 0.3) is 0 Å². The number of anilines is 1. The van der Waals surface area contributed by atoms with E-state index >= 15 is 0 Å². The summed E-state index contributed by atoms with van der Waals surface area (Å²) in [7, 11) is 2.18. The fourth-order valence-electron chi connectivity index (χ4n) is 6.60. The molecular formula is C31H35N3O3. The van der Waals surface area contributed by atoms with E-state index in [4.69, 9.17) is 14.5 Å². The number of carbonyl (C=O) groups excluding carboxylic acids is 1. The van der Waals surface area contributed by atoms with Crippen molar-refractivity contribution < 1.29 is 14.3 Å². The van der Waals surface area contributed by atoms with Gasteiger partial charge in [0.05, 0.1) is 18.8 Å². The van der Waals surface area contributed by atoms with E-state index in [9.17, 15) is 4.79 Å². The molecule has 1 aromatic heterocycles. The molecule has 6 heteroatoms. The number of nitrogens with zero attached hydrogens (tertiary/aromatic N) is 3. The minimum Gasteiger partial charge on any atom is -0.494 e. The first-order chi connectivity index (χ1) is 17.8. The summed E-state index contributed by atoms with van der Waals surface area (Å²) >= 11 is 0. The molecule has 1 saturated heterocycles. The highest BCUT2D eigenvalue weighted by atomic mass is 16.5. The molecule has 0 aliphatic carbocycles. The Bertz CT molecular complexity index is 1340. The summed E-state index contributed by atoms with van der Waals surface area (Å²) in [4.78, 5) is 23.6. The normalized spacial score (nSPS) is 24.2.